The predicted octanol–water partition coefficient (Wildman–Crippen LogP) is 1.99. The summed E-state index contributed by atoms with van der Waals surface area (Å²) in [6.07, 6.45) is 0. The Bertz CT molecular complexity index is 688. The summed E-state index contributed by atoms with van der Waals surface area (Å²) in [5, 5.41) is 28.9. The highest BCUT2D eigenvalue weighted by molar-refractivity contribution is 7.79. The first kappa shape index (κ1) is 17.6. The lowest BCUT2D eigenvalue weighted by Gasteiger charge is -1.91. The van der Waals surface area contributed by atoms with Crippen LogP contribution in [0, 0.1) is 25.6 Å². The smallest absolute Gasteiger partial charge is 0.264 e. The molecule has 0 saturated heterocycles. The van der Waals surface area contributed by atoms with Gasteiger partial charge in [0, 0.05) is 6.07 Å². The summed E-state index contributed by atoms with van der Waals surface area (Å²) < 4.78 is 31.6. The fourth-order valence-corrected chi connectivity index (χ4v) is 1.16. The van der Waals surface area contributed by atoms with E-state index in [-0.39, 0.29) is 5.02 Å². The lowest BCUT2D eigenvalue weighted by molar-refractivity contribution is -0.393. The van der Waals surface area contributed by atoms with E-state index in [1.54, 1.807) is 0 Å². The molecule has 1 aromatic rings. The summed E-state index contributed by atoms with van der Waals surface area (Å²) >= 11 is 5.46. The topological polar surface area (TPSA) is 189 Å². The minimum Gasteiger partial charge on any atom is -0.264 e. The summed E-state index contributed by atoms with van der Waals surface area (Å²) in [6, 6.07) is 1.53. The average Bonchev–Trinajstić information content (AvgIpc) is 2.25. The van der Waals surface area contributed by atoms with Crippen molar-refractivity contribution in [3.63, 3.8) is 0 Å². The summed E-state index contributed by atoms with van der Waals surface area (Å²) in [7, 11) is -4.67. The molecule has 0 aromatic heterocycles. The molecule has 1 aromatic carbocycles. The third-order valence-corrected chi connectivity index (χ3v) is 1.82. The molecule has 0 heterocycles. The number of hydrogen-bond donors (Lipinski definition) is 2. The Morgan fingerprint density at radius 3 is 1.95 bits per heavy atom. The van der Waals surface area contributed by atoms with Crippen LogP contribution in [0.4, 0.5) is 17.1 Å². The van der Waals surface area contributed by atoms with Gasteiger partial charge in [-0.15, -0.1) is 0 Å². The molecule has 0 spiro atoms. The maximum absolute atomic E-state index is 10.5. The van der Waals surface area contributed by atoms with Crippen LogP contribution < -0.4 is 0 Å². The number of benzene rings is 1. The lowest BCUT2D eigenvalue weighted by Crippen LogP contribution is -1.93. The molecule has 0 unspecified atom stereocenters. The van der Waals surface area contributed by atoms with Gasteiger partial charge in [0.2, 0.25) is 5.39 Å². The van der Waals surface area contributed by atoms with Crippen LogP contribution in [0.25, 0.3) is 4.98 Å². The molecule has 0 amide bonds. The van der Waals surface area contributed by atoms with Gasteiger partial charge in [-0.2, -0.15) is 8.42 Å². The Hall–Kier alpha value is -2.40. The molecule has 108 valence electrons. The van der Waals surface area contributed by atoms with Crippen molar-refractivity contribution in [2.75, 3.05) is 0 Å². The highest BCUT2D eigenvalue weighted by Gasteiger charge is 2.32. The Morgan fingerprint density at radius 1 is 1.20 bits per heavy atom. The SMILES string of the molecule is N#[N+]c1c(Cl)cc([N+](=O)[O-])cc1[N+](=O)[O-].O=S(=O)(O)O. The van der Waals surface area contributed by atoms with Crippen LogP contribution in [0.1, 0.15) is 0 Å². The number of non-ortho nitro benzene ring substituents is 1. The minimum absolute atomic E-state index is 0.363. The molecule has 0 aliphatic rings. The van der Waals surface area contributed by atoms with Gasteiger partial charge < -0.3 is 0 Å². The van der Waals surface area contributed by atoms with Crippen molar-refractivity contribution in [3.8, 4) is 0 Å². The molecular formula is C6H4ClN4O8S+. The molecule has 0 radical (unpaired) electrons. The van der Waals surface area contributed by atoms with Gasteiger partial charge in [0.05, 0.1) is 9.85 Å². The van der Waals surface area contributed by atoms with Crippen molar-refractivity contribution in [1.82, 2.24) is 0 Å². The van der Waals surface area contributed by atoms with Crippen LogP contribution in [-0.4, -0.2) is 27.4 Å². The molecule has 0 atom stereocenters. The van der Waals surface area contributed by atoms with Crippen molar-refractivity contribution in [1.29, 1.82) is 5.39 Å². The van der Waals surface area contributed by atoms with Crippen LogP contribution in [0.5, 0.6) is 0 Å². The molecule has 0 saturated carbocycles. The van der Waals surface area contributed by atoms with Crippen LogP contribution >= 0.6 is 11.6 Å². The van der Waals surface area contributed by atoms with E-state index < -0.39 is 37.3 Å². The number of nitrogens with zero attached hydrogens (tertiary/aromatic N) is 4. The van der Waals surface area contributed by atoms with E-state index in [4.69, 9.17) is 34.5 Å². The summed E-state index contributed by atoms with van der Waals surface area (Å²) in [5.41, 5.74) is -1.77. The third kappa shape index (κ3) is 5.97. The van der Waals surface area contributed by atoms with Crippen LogP contribution in [-0.2, 0) is 10.4 Å². The number of halogens is 1. The average molecular weight is 328 g/mol. The van der Waals surface area contributed by atoms with Gasteiger partial charge in [0.15, 0.2) is 10.00 Å². The number of diazo groups is 1. The second-order valence-corrected chi connectivity index (χ2v) is 4.16. The van der Waals surface area contributed by atoms with Crippen LogP contribution in [0.3, 0.4) is 0 Å². The third-order valence-electron chi connectivity index (χ3n) is 1.54. The molecule has 0 fully saturated rings. The Morgan fingerprint density at radius 2 is 1.65 bits per heavy atom. The first-order valence-corrected chi connectivity index (χ1v) is 5.92. The molecule has 1 rings (SSSR count). The molecule has 14 heteroatoms. The van der Waals surface area contributed by atoms with E-state index >= 15 is 0 Å². The zero-order valence-electron chi connectivity index (χ0n) is 9.07. The first-order chi connectivity index (χ1) is 8.97. The molecular weight excluding hydrogens is 324 g/mol. The molecule has 0 aliphatic heterocycles. The Kier molecular flexibility index (Phi) is 5.87. The maximum Gasteiger partial charge on any atom is 0.479 e. The summed E-state index contributed by atoms with van der Waals surface area (Å²) in [6.45, 7) is 0. The van der Waals surface area contributed by atoms with Gasteiger partial charge in [-0.3, -0.25) is 29.3 Å². The van der Waals surface area contributed by atoms with Gasteiger partial charge in [-0.05, 0) is 0 Å². The minimum atomic E-state index is -4.67. The van der Waals surface area contributed by atoms with Gasteiger partial charge in [-0.25, -0.2) is 0 Å². The molecule has 0 aliphatic carbocycles. The van der Waals surface area contributed by atoms with E-state index in [9.17, 15) is 20.2 Å². The Balaban J connectivity index is 0.000000621. The normalized spacial score (nSPS) is 9.90. The van der Waals surface area contributed by atoms with Crippen LogP contribution in [0.2, 0.25) is 5.02 Å². The number of hydrogen-bond acceptors (Lipinski definition) is 7. The van der Waals surface area contributed by atoms with E-state index in [1.807, 2.05) is 0 Å². The molecule has 12 nitrogen and oxygen atoms in total. The van der Waals surface area contributed by atoms with E-state index in [0.29, 0.717) is 6.07 Å². The lowest BCUT2D eigenvalue weighted by atomic mass is 10.2. The largest absolute Gasteiger partial charge is 0.479 e. The van der Waals surface area contributed by atoms with Gasteiger partial charge in [0.25, 0.3) is 5.69 Å². The van der Waals surface area contributed by atoms with E-state index in [0.717, 1.165) is 6.07 Å². The first-order valence-electron chi connectivity index (χ1n) is 4.14. The number of nitro benzene ring substituents is 2. The second-order valence-electron chi connectivity index (χ2n) is 2.86. The molecule has 2 N–H and O–H groups in total. The monoisotopic (exact) mass is 327 g/mol. The van der Waals surface area contributed by atoms with Crippen molar-refractivity contribution < 1.29 is 27.4 Å². The molecule has 0 bridgehead atoms. The van der Waals surface area contributed by atoms with Gasteiger partial charge in [-0.1, -0.05) is 11.6 Å². The van der Waals surface area contributed by atoms with Crippen molar-refractivity contribution >= 4 is 39.1 Å². The quantitative estimate of drug-likeness (QED) is 0.354. The maximum atomic E-state index is 10.5. The van der Waals surface area contributed by atoms with Crippen molar-refractivity contribution in [2.45, 2.75) is 0 Å². The number of nitro groups is 2. The summed E-state index contributed by atoms with van der Waals surface area (Å²) in [5.74, 6) is 0. The standard InChI is InChI=1S/C6H2ClN4O4.H2O4S/c7-4-1-3(10(12)13)2-5(11(14)15)6(4)9-8;1-5(2,3)4/h1-2H;(H2,1,2,3,4)/q+1;. The fourth-order valence-electron chi connectivity index (χ4n) is 0.914. The number of rotatable bonds is 2. The van der Waals surface area contributed by atoms with Crippen molar-refractivity contribution in [2.24, 2.45) is 0 Å². The van der Waals surface area contributed by atoms with Gasteiger partial charge in [0.1, 0.15) is 6.07 Å². The zero-order valence-corrected chi connectivity index (χ0v) is 10.6. The fraction of sp³-hybridized carbons (Fsp3) is 0. The van der Waals surface area contributed by atoms with E-state index in [2.05, 4.69) is 4.98 Å². The molecule has 20 heavy (non-hydrogen) atoms. The predicted molar refractivity (Wildman–Crippen MR) is 63.7 cm³/mol. The summed E-state index contributed by atoms with van der Waals surface area (Å²) in [4.78, 5) is 21.7. The highest BCUT2D eigenvalue weighted by atomic mass is 35.5. The zero-order chi connectivity index (χ0) is 16.1. The Labute approximate surface area is 115 Å². The second kappa shape index (κ2) is 6.68. The van der Waals surface area contributed by atoms with E-state index in [1.165, 1.54) is 0 Å². The van der Waals surface area contributed by atoms with Gasteiger partial charge >= 0.3 is 21.8 Å². The van der Waals surface area contributed by atoms with Crippen molar-refractivity contribution in [3.05, 3.63) is 42.4 Å². The highest BCUT2D eigenvalue weighted by Crippen LogP contribution is 2.38. The van der Waals surface area contributed by atoms with Crippen LogP contribution in [0.15, 0.2) is 12.1 Å².